The first kappa shape index (κ1) is 18.1. The van der Waals surface area contributed by atoms with E-state index in [-0.39, 0.29) is 18.9 Å². The molecule has 0 heterocycles. The largest absolute Gasteiger partial charge is 0.495 e. The number of nitrogens with zero attached hydrogens (tertiary/aromatic N) is 1. The average Bonchev–Trinajstić information content (AvgIpc) is 2.47. The van der Waals surface area contributed by atoms with Gasteiger partial charge in [-0.15, -0.1) is 0 Å². The summed E-state index contributed by atoms with van der Waals surface area (Å²) >= 11 is 5.93. The highest BCUT2D eigenvalue weighted by Gasteiger charge is 2.17. The molecule has 0 saturated carbocycles. The van der Waals surface area contributed by atoms with Crippen LogP contribution in [-0.2, 0) is 9.59 Å². The third kappa shape index (κ3) is 5.44. The average molecular weight is 329 g/mol. The molecular formula is C15H21ClN2O4. The number of amides is 1. The molecule has 1 rings (SSSR count). The molecule has 0 aliphatic carbocycles. The molecule has 1 unspecified atom stereocenters. The summed E-state index contributed by atoms with van der Waals surface area (Å²) < 4.78 is 5.20. The van der Waals surface area contributed by atoms with E-state index in [1.165, 1.54) is 4.90 Å². The third-order valence-electron chi connectivity index (χ3n) is 3.21. The van der Waals surface area contributed by atoms with Gasteiger partial charge in [-0.2, -0.15) is 0 Å². The molecule has 1 aromatic carbocycles. The van der Waals surface area contributed by atoms with Gasteiger partial charge in [-0.05, 0) is 18.2 Å². The summed E-state index contributed by atoms with van der Waals surface area (Å²) in [5.41, 5.74) is 0.712. The Morgan fingerprint density at radius 1 is 1.45 bits per heavy atom. The van der Waals surface area contributed by atoms with Crippen LogP contribution >= 0.6 is 11.6 Å². The molecule has 1 amide bonds. The smallest absolute Gasteiger partial charge is 0.308 e. The zero-order valence-electron chi connectivity index (χ0n) is 12.9. The van der Waals surface area contributed by atoms with Crippen molar-refractivity contribution in [3.05, 3.63) is 23.2 Å². The highest BCUT2D eigenvalue weighted by Crippen LogP contribution is 2.27. The minimum absolute atomic E-state index is 0.124. The van der Waals surface area contributed by atoms with E-state index in [0.717, 1.165) is 0 Å². The van der Waals surface area contributed by atoms with E-state index in [1.54, 1.807) is 39.3 Å². The van der Waals surface area contributed by atoms with E-state index in [2.05, 4.69) is 5.32 Å². The predicted octanol–water partition coefficient (Wildman–Crippen LogP) is 2.33. The second-order valence-corrected chi connectivity index (χ2v) is 5.47. The maximum absolute atomic E-state index is 11.9. The van der Waals surface area contributed by atoms with E-state index in [9.17, 15) is 9.59 Å². The Labute approximate surface area is 135 Å². The maximum Gasteiger partial charge on any atom is 0.308 e. The number of aliphatic carboxylic acids is 1. The predicted molar refractivity (Wildman–Crippen MR) is 85.5 cm³/mol. The number of carboxylic acid groups (broad SMARTS) is 1. The number of halogens is 1. The fourth-order valence-electron chi connectivity index (χ4n) is 1.90. The zero-order valence-corrected chi connectivity index (χ0v) is 13.7. The first-order valence-electron chi connectivity index (χ1n) is 6.89. The first-order chi connectivity index (χ1) is 10.3. The molecule has 0 saturated heterocycles. The number of nitrogens with one attached hydrogen (secondary N) is 1. The number of anilines is 1. The van der Waals surface area contributed by atoms with Gasteiger partial charge in [0.15, 0.2) is 0 Å². The van der Waals surface area contributed by atoms with E-state index in [1.807, 2.05) is 0 Å². The highest BCUT2D eigenvalue weighted by molar-refractivity contribution is 6.30. The van der Waals surface area contributed by atoms with Crippen LogP contribution in [0.25, 0.3) is 0 Å². The summed E-state index contributed by atoms with van der Waals surface area (Å²) in [5, 5.41) is 12.5. The molecular weight excluding hydrogens is 308 g/mol. The molecule has 1 aromatic rings. The lowest BCUT2D eigenvalue weighted by atomic mass is 10.1. The normalized spacial score (nSPS) is 11.6. The molecule has 0 spiro atoms. The Bertz CT molecular complexity index is 536. The Morgan fingerprint density at radius 2 is 2.14 bits per heavy atom. The van der Waals surface area contributed by atoms with Crippen LogP contribution in [0.15, 0.2) is 18.2 Å². The number of carboxylic acids is 1. The molecule has 0 radical (unpaired) electrons. The molecule has 0 bridgehead atoms. The fraction of sp³-hybridized carbons (Fsp3) is 0.467. The van der Waals surface area contributed by atoms with Crippen molar-refractivity contribution >= 4 is 29.2 Å². The SMILES string of the molecule is COc1ccc(Cl)cc1NCCC(=O)N(C)CC(C)C(=O)O. The first-order valence-corrected chi connectivity index (χ1v) is 7.27. The third-order valence-corrected chi connectivity index (χ3v) is 3.45. The Hall–Kier alpha value is -1.95. The van der Waals surface area contributed by atoms with Crippen molar-refractivity contribution < 1.29 is 19.4 Å². The fourth-order valence-corrected chi connectivity index (χ4v) is 2.08. The Kier molecular flexibility index (Phi) is 6.98. The molecule has 0 aromatic heterocycles. The van der Waals surface area contributed by atoms with Crippen molar-refractivity contribution in [2.45, 2.75) is 13.3 Å². The van der Waals surface area contributed by atoms with E-state index < -0.39 is 11.9 Å². The molecule has 0 fully saturated rings. The molecule has 6 nitrogen and oxygen atoms in total. The summed E-state index contributed by atoms with van der Waals surface area (Å²) in [5.74, 6) is -0.984. The lowest BCUT2D eigenvalue weighted by Crippen LogP contribution is -2.34. The van der Waals surface area contributed by atoms with Gasteiger partial charge in [-0.25, -0.2) is 0 Å². The lowest BCUT2D eigenvalue weighted by Gasteiger charge is -2.20. The minimum atomic E-state index is -0.915. The van der Waals surface area contributed by atoms with Gasteiger partial charge in [0.05, 0.1) is 18.7 Å². The van der Waals surface area contributed by atoms with Gasteiger partial charge in [-0.3, -0.25) is 9.59 Å². The van der Waals surface area contributed by atoms with E-state index in [0.29, 0.717) is 23.0 Å². The van der Waals surface area contributed by atoms with Gasteiger partial charge in [-0.1, -0.05) is 18.5 Å². The lowest BCUT2D eigenvalue weighted by molar-refractivity contribution is -0.142. The van der Waals surface area contributed by atoms with Crippen LogP contribution in [0.2, 0.25) is 5.02 Å². The van der Waals surface area contributed by atoms with Crippen molar-refractivity contribution in [1.82, 2.24) is 4.90 Å². The quantitative estimate of drug-likeness (QED) is 0.765. The molecule has 122 valence electrons. The molecule has 2 N–H and O–H groups in total. The van der Waals surface area contributed by atoms with E-state index in [4.69, 9.17) is 21.4 Å². The molecule has 22 heavy (non-hydrogen) atoms. The number of benzene rings is 1. The van der Waals surface area contributed by atoms with Crippen LogP contribution in [0.3, 0.4) is 0 Å². The second-order valence-electron chi connectivity index (χ2n) is 5.03. The molecule has 1 atom stereocenters. The topological polar surface area (TPSA) is 78.9 Å². The highest BCUT2D eigenvalue weighted by atomic mass is 35.5. The monoisotopic (exact) mass is 328 g/mol. The number of hydrogen-bond acceptors (Lipinski definition) is 4. The Morgan fingerprint density at radius 3 is 2.73 bits per heavy atom. The van der Waals surface area contributed by atoms with Gasteiger partial charge in [0.25, 0.3) is 0 Å². The van der Waals surface area contributed by atoms with Crippen LogP contribution < -0.4 is 10.1 Å². The number of methoxy groups -OCH3 is 1. The van der Waals surface area contributed by atoms with Gasteiger partial charge in [0.2, 0.25) is 5.91 Å². The van der Waals surface area contributed by atoms with Gasteiger partial charge in [0.1, 0.15) is 5.75 Å². The second kappa shape index (κ2) is 8.48. The van der Waals surface area contributed by atoms with Crippen LogP contribution in [0.5, 0.6) is 5.75 Å². The van der Waals surface area contributed by atoms with Gasteiger partial charge < -0.3 is 20.1 Å². The zero-order chi connectivity index (χ0) is 16.7. The standard InChI is InChI=1S/C15H21ClN2O4/c1-10(15(20)21)9-18(2)14(19)6-7-17-12-8-11(16)4-5-13(12)22-3/h4-5,8,10,17H,6-7,9H2,1-3H3,(H,20,21). The number of rotatable bonds is 8. The van der Waals surface area contributed by atoms with Crippen LogP contribution in [0.1, 0.15) is 13.3 Å². The molecule has 7 heteroatoms. The summed E-state index contributed by atoms with van der Waals surface area (Å²) in [4.78, 5) is 24.2. The van der Waals surface area contributed by atoms with Crippen molar-refractivity contribution in [2.75, 3.05) is 32.6 Å². The van der Waals surface area contributed by atoms with Crippen LogP contribution in [0, 0.1) is 5.92 Å². The molecule has 0 aliphatic rings. The van der Waals surface area contributed by atoms with Crippen molar-refractivity contribution in [3.63, 3.8) is 0 Å². The summed E-state index contributed by atoms with van der Waals surface area (Å²) in [6.07, 6.45) is 0.249. The minimum Gasteiger partial charge on any atom is -0.495 e. The van der Waals surface area contributed by atoms with E-state index >= 15 is 0 Å². The number of carbonyl (C=O) groups is 2. The van der Waals surface area contributed by atoms with Crippen molar-refractivity contribution in [1.29, 1.82) is 0 Å². The number of ether oxygens (including phenoxy) is 1. The van der Waals surface area contributed by atoms with Crippen molar-refractivity contribution in [2.24, 2.45) is 5.92 Å². The molecule has 0 aliphatic heterocycles. The maximum atomic E-state index is 11.9. The van der Waals surface area contributed by atoms with Gasteiger partial charge in [0, 0.05) is 31.6 Å². The Balaban J connectivity index is 2.48. The van der Waals surface area contributed by atoms with Gasteiger partial charge >= 0.3 is 5.97 Å². The summed E-state index contributed by atoms with van der Waals surface area (Å²) in [6, 6.07) is 5.19. The number of hydrogen-bond donors (Lipinski definition) is 2. The van der Waals surface area contributed by atoms with Crippen molar-refractivity contribution in [3.8, 4) is 5.75 Å². The summed E-state index contributed by atoms with van der Waals surface area (Å²) in [6.45, 7) is 2.16. The van der Waals surface area contributed by atoms with Crippen LogP contribution in [-0.4, -0.2) is 49.1 Å². The summed E-state index contributed by atoms with van der Waals surface area (Å²) in [7, 11) is 3.16. The van der Waals surface area contributed by atoms with Crippen LogP contribution in [0.4, 0.5) is 5.69 Å². The number of carbonyl (C=O) groups excluding carboxylic acids is 1.